The number of benzene rings is 2. The van der Waals surface area contributed by atoms with E-state index in [1.54, 1.807) is 0 Å². The monoisotopic (exact) mass is 453 g/mol. The summed E-state index contributed by atoms with van der Waals surface area (Å²) in [5, 5.41) is 3.44. The smallest absolute Gasteiger partial charge is 0.131 e. The summed E-state index contributed by atoms with van der Waals surface area (Å²) < 4.78 is 33.4. The number of aryl methyl sites for hydroxylation is 2. The average molecular weight is 454 g/mol. The molecule has 154 valence electrons. The van der Waals surface area contributed by atoms with Gasteiger partial charge in [-0.2, -0.15) is 0 Å². The Morgan fingerprint density at radius 1 is 1.04 bits per heavy atom. The maximum atomic E-state index is 13.8. The molecule has 0 spiro atoms. The van der Waals surface area contributed by atoms with Crippen molar-refractivity contribution in [3.8, 4) is 0 Å². The zero-order valence-electron chi connectivity index (χ0n) is 17.0. The molecular weight excluding hydrogens is 424 g/mol. The average Bonchev–Trinajstić information content (AvgIpc) is 2.60. The zero-order valence-corrected chi connectivity index (χ0v) is 18.7. The molecule has 1 unspecified atom stereocenters. The molecule has 0 fully saturated rings. The van der Waals surface area contributed by atoms with Crippen LogP contribution in [0.5, 0.6) is 0 Å². The van der Waals surface area contributed by atoms with Gasteiger partial charge in [0, 0.05) is 24.6 Å². The summed E-state index contributed by atoms with van der Waals surface area (Å²) in [5.74, 6) is -1.03. The minimum atomic E-state index is -0.569. The highest BCUT2D eigenvalue weighted by Gasteiger charge is 2.17. The van der Waals surface area contributed by atoms with Crippen LogP contribution >= 0.6 is 17.0 Å². The molecule has 1 atom stereocenters. The third kappa shape index (κ3) is 7.12. The first-order valence-electron chi connectivity index (χ1n) is 9.31. The van der Waals surface area contributed by atoms with Crippen LogP contribution in [0.2, 0.25) is 0 Å². The molecule has 0 bridgehead atoms. The molecule has 2 aromatic carbocycles. The molecule has 0 aliphatic rings. The van der Waals surface area contributed by atoms with Gasteiger partial charge < -0.3 is 10.1 Å². The molecule has 2 rings (SSSR count). The molecule has 0 radical (unpaired) electrons. The van der Waals surface area contributed by atoms with Gasteiger partial charge in [0.2, 0.25) is 0 Å². The summed E-state index contributed by atoms with van der Waals surface area (Å²) in [6, 6.07) is 10.1. The summed E-state index contributed by atoms with van der Waals surface area (Å²) in [4.78, 5) is 0. The molecule has 0 amide bonds. The van der Waals surface area contributed by atoms with Gasteiger partial charge >= 0.3 is 0 Å². The molecule has 0 saturated carbocycles. The lowest BCUT2D eigenvalue weighted by Gasteiger charge is -2.22. The fourth-order valence-corrected chi connectivity index (χ4v) is 3.22. The highest BCUT2D eigenvalue weighted by Crippen LogP contribution is 2.24. The van der Waals surface area contributed by atoms with Gasteiger partial charge in [-0.15, -0.1) is 17.0 Å². The predicted molar refractivity (Wildman–Crippen MR) is 117 cm³/mol. The van der Waals surface area contributed by atoms with Crippen LogP contribution in [0.4, 0.5) is 8.78 Å². The summed E-state index contributed by atoms with van der Waals surface area (Å²) >= 11 is 0. The Labute approximate surface area is 177 Å². The molecule has 2 aromatic rings. The molecule has 2 nitrogen and oxygen atoms in total. The van der Waals surface area contributed by atoms with Gasteiger partial charge in [-0.25, -0.2) is 8.78 Å². The van der Waals surface area contributed by atoms with Crippen LogP contribution in [0.3, 0.4) is 0 Å². The second kappa shape index (κ2) is 12.1. The third-order valence-electron chi connectivity index (χ3n) is 4.62. The van der Waals surface area contributed by atoms with Crippen molar-refractivity contribution in [1.82, 2.24) is 5.32 Å². The van der Waals surface area contributed by atoms with Crippen molar-refractivity contribution in [3.05, 3.63) is 81.9 Å². The Hall–Kier alpha value is -1.56. The van der Waals surface area contributed by atoms with Gasteiger partial charge in [0.15, 0.2) is 0 Å². The lowest BCUT2D eigenvalue weighted by atomic mass is 9.91. The number of hydrogen-bond donors (Lipinski definition) is 1. The second-order valence-electron chi connectivity index (χ2n) is 7.16. The summed E-state index contributed by atoms with van der Waals surface area (Å²) in [6.45, 7) is 10.1. The first-order valence-corrected chi connectivity index (χ1v) is 9.31. The Bertz CT molecular complexity index is 748. The number of nitrogens with one attached hydrogen (secondary N) is 1. The normalized spacial score (nSPS) is 11.6. The van der Waals surface area contributed by atoms with Crippen molar-refractivity contribution in [3.63, 3.8) is 0 Å². The Balaban J connectivity index is 0.00000392. The van der Waals surface area contributed by atoms with E-state index in [9.17, 15) is 8.78 Å². The van der Waals surface area contributed by atoms with Crippen molar-refractivity contribution < 1.29 is 13.5 Å². The molecular formula is C23H30BrF2NO. The lowest BCUT2D eigenvalue weighted by molar-refractivity contribution is 0.102. The highest BCUT2D eigenvalue weighted by atomic mass is 79.9. The molecule has 0 aliphatic carbocycles. The molecule has 0 aromatic heterocycles. The topological polar surface area (TPSA) is 21.3 Å². The first kappa shape index (κ1) is 24.5. The van der Waals surface area contributed by atoms with Gasteiger partial charge in [0.05, 0.1) is 13.2 Å². The van der Waals surface area contributed by atoms with Crippen molar-refractivity contribution >= 4 is 17.0 Å². The van der Waals surface area contributed by atoms with Gasteiger partial charge in [-0.3, -0.25) is 0 Å². The summed E-state index contributed by atoms with van der Waals surface area (Å²) in [6.07, 6.45) is 2.14. The van der Waals surface area contributed by atoms with Crippen LogP contribution in [0.15, 0.2) is 48.0 Å². The van der Waals surface area contributed by atoms with Crippen molar-refractivity contribution in [2.75, 3.05) is 19.7 Å². The van der Waals surface area contributed by atoms with Gasteiger partial charge in [0.25, 0.3) is 0 Å². The van der Waals surface area contributed by atoms with Crippen LogP contribution in [-0.4, -0.2) is 19.7 Å². The van der Waals surface area contributed by atoms with Crippen molar-refractivity contribution in [2.45, 2.75) is 40.2 Å². The molecule has 0 saturated heterocycles. The second-order valence-corrected chi connectivity index (χ2v) is 7.16. The quantitative estimate of drug-likeness (QED) is 0.370. The van der Waals surface area contributed by atoms with Gasteiger partial charge in [0.1, 0.15) is 11.6 Å². The van der Waals surface area contributed by atoms with E-state index in [1.807, 2.05) is 6.07 Å². The number of hydrogen-bond acceptors (Lipinski definition) is 2. The summed E-state index contributed by atoms with van der Waals surface area (Å²) in [5.41, 5.74) is 4.87. The Morgan fingerprint density at radius 3 is 2.18 bits per heavy atom. The van der Waals surface area contributed by atoms with Gasteiger partial charge in [-0.05, 0) is 56.5 Å². The van der Waals surface area contributed by atoms with E-state index in [-0.39, 0.29) is 35.1 Å². The molecule has 1 N–H and O–H groups in total. The Kier molecular flexibility index (Phi) is 10.6. The first-order chi connectivity index (χ1) is 12.9. The predicted octanol–water partition coefficient (Wildman–Crippen LogP) is 6.02. The molecule has 5 heteroatoms. The summed E-state index contributed by atoms with van der Waals surface area (Å²) in [7, 11) is 0. The van der Waals surface area contributed by atoms with E-state index < -0.39 is 11.6 Å². The number of allylic oxidation sites excluding steroid dienone is 1. The minimum absolute atomic E-state index is 0. The minimum Gasteiger partial charge on any atom is -0.376 e. The third-order valence-corrected chi connectivity index (χ3v) is 4.62. The van der Waals surface area contributed by atoms with Crippen LogP contribution in [0.1, 0.15) is 42.0 Å². The van der Waals surface area contributed by atoms with E-state index in [2.05, 4.69) is 51.2 Å². The molecule has 28 heavy (non-hydrogen) atoms. The van der Waals surface area contributed by atoms with E-state index in [0.29, 0.717) is 6.61 Å². The van der Waals surface area contributed by atoms with Crippen LogP contribution in [0.25, 0.3) is 0 Å². The number of halogens is 3. The highest BCUT2D eigenvalue weighted by molar-refractivity contribution is 8.93. The van der Waals surface area contributed by atoms with Crippen LogP contribution in [-0.2, 0) is 11.3 Å². The van der Waals surface area contributed by atoms with E-state index in [4.69, 9.17) is 4.74 Å². The van der Waals surface area contributed by atoms with Crippen LogP contribution in [0, 0.1) is 25.5 Å². The lowest BCUT2D eigenvalue weighted by Crippen LogP contribution is -2.26. The van der Waals surface area contributed by atoms with E-state index in [1.165, 1.54) is 40.5 Å². The SMILES string of the molecule is Br.CC(C)=CCNCC(COCc1c(F)cccc1F)c1c(C)cccc1C. The zero-order chi connectivity index (χ0) is 19.8. The maximum Gasteiger partial charge on any atom is 0.131 e. The number of rotatable bonds is 9. The van der Waals surface area contributed by atoms with Crippen LogP contribution < -0.4 is 5.32 Å². The number of ether oxygens (including phenoxy) is 1. The van der Waals surface area contributed by atoms with Crippen molar-refractivity contribution in [1.29, 1.82) is 0 Å². The van der Waals surface area contributed by atoms with Gasteiger partial charge in [-0.1, -0.05) is 35.9 Å². The molecule has 0 heterocycles. The van der Waals surface area contributed by atoms with E-state index >= 15 is 0 Å². The van der Waals surface area contributed by atoms with E-state index in [0.717, 1.165) is 13.1 Å². The van der Waals surface area contributed by atoms with Crippen molar-refractivity contribution in [2.24, 2.45) is 0 Å². The maximum absolute atomic E-state index is 13.8. The molecule has 0 aliphatic heterocycles. The fraction of sp³-hybridized carbons (Fsp3) is 0.391. The Morgan fingerprint density at radius 2 is 1.61 bits per heavy atom. The largest absolute Gasteiger partial charge is 0.376 e. The fourth-order valence-electron chi connectivity index (χ4n) is 3.22. The standard InChI is InChI=1S/C23H29F2NO.BrH/c1-16(2)11-12-26-13-19(23-17(3)7-5-8-18(23)4)14-27-15-20-21(24)9-6-10-22(20)25;/h5-11,19,26H,12-15H2,1-4H3;1H.